The number of hydrogen-bond donors (Lipinski definition) is 0. The van der Waals surface area contributed by atoms with E-state index in [4.69, 9.17) is 4.74 Å². The van der Waals surface area contributed by atoms with Crippen molar-refractivity contribution in [2.24, 2.45) is 0 Å². The minimum Gasteiger partial charge on any atom is -0.465 e. The fourth-order valence-corrected chi connectivity index (χ4v) is 2.70. The quantitative estimate of drug-likeness (QED) is 0.665. The van der Waals surface area contributed by atoms with E-state index in [1.807, 2.05) is 30.3 Å². The predicted molar refractivity (Wildman–Crippen MR) is 76.4 cm³/mol. The van der Waals surface area contributed by atoms with Crippen LogP contribution in [0.4, 0.5) is 0 Å². The van der Waals surface area contributed by atoms with E-state index in [-0.39, 0.29) is 5.97 Å². The summed E-state index contributed by atoms with van der Waals surface area (Å²) in [6.07, 6.45) is 1.80. The van der Waals surface area contributed by atoms with Crippen LogP contribution in [0.2, 0.25) is 0 Å². The van der Waals surface area contributed by atoms with Crippen LogP contribution < -0.4 is 0 Å². The lowest BCUT2D eigenvalue weighted by Crippen LogP contribution is -2.02. The predicted octanol–water partition coefficient (Wildman–Crippen LogP) is 3.75. The van der Waals surface area contributed by atoms with E-state index < -0.39 is 0 Å². The van der Waals surface area contributed by atoms with Crippen LogP contribution in [0.1, 0.15) is 10.4 Å². The van der Waals surface area contributed by atoms with Crippen LogP contribution in [0.5, 0.6) is 0 Å². The number of carbonyl (C=O) groups excluding carboxylic acids is 1. The molecule has 0 aliphatic carbocycles. The second-order valence-corrected chi connectivity index (χ2v) is 4.99. The van der Waals surface area contributed by atoms with Crippen molar-refractivity contribution in [3.63, 3.8) is 0 Å². The summed E-state index contributed by atoms with van der Waals surface area (Å²) in [5.41, 5.74) is 3.35. The van der Waals surface area contributed by atoms with E-state index in [9.17, 15) is 4.79 Å². The van der Waals surface area contributed by atoms with Crippen LogP contribution in [0, 0.1) is 0 Å². The Labute approximate surface area is 114 Å². The average molecular weight is 269 g/mol. The lowest BCUT2D eigenvalue weighted by Gasteiger charge is -2.07. The summed E-state index contributed by atoms with van der Waals surface area (Å²) in [6, 6.07) is 11.7. The Morgan fingerprint density at radius 1 is 1.26 bits per heavy atom. The summed E-state index contributed by atoms with van der Waals surface area (Å²) in [6.45, 7) is 0. The zero-order valence-corrected chi connectivity index (χ0v) is 11.1. The maximum Gasteiger partial charge on any atom is 0.338 e. The Balaban J connectivity index is 2.29. The van der Waals surface area contributed by atoms with E-state index in [0.29, 0.717) is 5.56 Å². The molecule has 0 fully saturated rings. The number of esters is 1. The van der Waals surface area contributed by atoms with Gasteiger partial charge in [0.05, 0.1) is 23.1 Å². The van der Waals surface area contributed by atoms with Crippen LogP contribution in [-0.4, -0.2) is 18.1 Å². The van der Waals surface area contributed by atoms with Gasteiger partial charge in [-0.05, 0) is 28.5 Å². The number of aromatic nitrogens is 1. The summed E-state index contributed by atoms with van der Waals surface area (Å²) in [4.78, 5) is 17.0. The van der Waals surface area contributed by atoms with Gasteiger partial charge in [0.25, 0.3) is 0 Å². The molecule has 3 aromatic rings. The first-order valence-corrected chi connectivity index (χ1v) is 6.67. The van der Waals surface area contributed by atoms with E-state index in [0.717, 1.165) is 21.2 Å². The Morgan fingerprint density at radius 3 is 2.84 bits per heavy atom. The molecule has 94 valence electrons. The summed E-state index contributed by atoms with van der Waals surface area (Å²) < 4.78 is 4.87. The lowest BCUT2D eigenvalue weighted by atomic mass is 10.0. The molecule has 19 heavy (non-hydrogen) atoms. The summed E-state index contributed by atoms with van der Waals surface area (Å²) >= 11 is 1.55. The van der Waals surface area contributed by atoms with Gasteiger partial charge in [-0.1, -0.05) is 24.3 Å². The molecule has 4 heteroatoms. The van der Waals surface area contributed by atoms with Crippen molar-refractivity contribution in [3.8, 4) is 10.4 Å². The third kappa shape index (κ3) is 2.11. The molecule has 0 aliphatic heterocycles. The zero-order valence-electron chi connectivity index (χ0n) is 10.3. The molecule has 0 spiro atoms. The third-order valence-electron chi connectivity index (χ3n) is 2.98. The molecule has 0 saturated carbocycles. The van der Waals surface area contributed by atoms with Crippen molar-refractivity contribution in [1.29, 1.82) is 0 Å². The molecular weight excluding hydrogens is 258 g/mol. The molecule has 3 rings (SSSR count). The van der Waals surface area contributed by atoms with Crippen molar-refractivity contribution in [2.45, 2.75) is 0 Å². The van der Waals surface area contributed by atoms with Gasteiger partial charge in [-0.15, -0.1) is 11.3 Å². The van der Waals surface area contributed by atoms with E-state index in [1.165, 1.54) is 7.11 Å². The molecule has 1 aromatic heterocycles. The Morgan fingerprint density at radius 2 is 2.11 bits per heavy atom. The minimum absolute atomic E-state index is 0.317. The molecule has 0 radical (unpaired) electrons. The molecule has 0 bridgehead atoms. The highest BCUT2D eigenvalue weighted by molar-refractivity contribution is 7.13. The molecule has 3 nitrogen and oxygen atoms in total. The monoisotopic (exact) mass is 269 g/mol. The maximum atomic E-state index is 11.9. The molecule has 1 heterocycles. The van der Waals surface area contributed by atoms with Crippen molar-refractivity contribution in [1.82, 2.24) is 4.98 Å². The second kappa shape index (κ2) is 4.82. The molecule has 0 saturated heterocycles. The van der Waals surface area contributed by atoms with Crippen molar-refractivity contribution < 1.29 is 9.53 Å². The molecule has 0 N–H and O–H groups in total. The number of thiazole rings is 1. The van der Waals surface area contributed by atoms with Gasteiger partial charge in [-0.25, -0.2) is 4.79 Å². The fourth-order valence-electron chi connectivity index (χ4n) is 2.09. The smallest absolute Gasteiger partial charge is 0.338 e. The third-order valence-corrected chi connectivity index (χ3v) is 3.81. The highest BCUT2D eigenvalue weighted by Crippen LogP contribution is 2.30. The highest BCUT2D eigenvalue weighted by atomic mass is 32.1. The molecule has 2 aromatic carbocycles. The van der Waals surface area contributed by atoms with Crippen LogP contribution in [0.25, 0.3) is 21.2 Å². The first-order chi connectivity index (χ1) is 9.29. The molecule has 0 atom stereocenters. The number of benzene rings is 2. The van der Waals surface area contributed by atoms with Gasteiger partial charge in [0.15, 0.2) is 0 Å². The molecule has 0 unspecified atom stereocenters. The second-order valence-electron chi connectivity index (χ2n) is 4.10. The Bertz CT molecular complexity index is 735. The van der Waals surface area contributed by atoms with E-state index in [2.05, 4.69) is 11.1 Å². The van der Waals surface area contributed by atoms with Gasteiger partial charge >= 0.3 is 5.97 Å². The fraction of sp³-hybridized carbons (Fsp3) is 0.0667. The number of ether oxygens (including phenoxy) is 1. The summed E-state index contributed by atoms with van der Waals surface area (Å²) in [5, 5.41) is 1.93. The molecule has 0 aliphatic rings. The van der Waals surface area contributed by atoms with Crippen LogP contribution in [-0.2, 0) is 4.74 Å². The Hall–Kier alpha value is -2.20. The van der Waals surface area contributed by atoms with Gasteiger partial charge in [0, 0.05) is 6.20 Å². The molecular formula is C15H11NO2S. The highest BCUT2D eigenvalue weighted by Gasteiger charge is 2.13. The van der Waals surface area contributed by atoms with Gasteiger partial charge in [-0.3, -0.25) is 4.98 Å². The van der Waals surface area contributed by atoms with Gasteiger partial charge in [0.2, 0.25) is 0 Å². The van der Waals surface area contributed by atoms with Gasteiger partial charge in [0.1, 0.15) is 0 Å². The Kier molecular flexibility index (Phi) is 3.01. The van der Waals surface area contributed by atoms with Crippen LogP contribution in [0.15, 0.2) is 48.1 Å². The topological polar surface area (TPSA) is 39.2 Å². The average Bonchev–Trinajstić information content (AvgIpc) is 2.99. The standard InChI is InChI=1S/C15H11NO2S/c1-18-15(17)13-7-11(14-8-16-9-19-14)6-10-4-2-3-5-12(10)13/h2-9H,1H3. The maximum absolute atomic E-state index is 11.9. The van der Waals surface area contributed by atoms with Gasteiger partial charge in [-0.2, -0.15) is 0 Å². The molecule has 0 amide bonds. The first kappa shape index (κ1) is 11.9. The largest absolute Gasteiger partial charge is 0.465 e. The van der Waals surface area contributed by atoms with Crippen LogP contribution in [0.3, 0.4) is 0 Å². The van der Waals surface area contributed by atoms with E-state index in [1.54, 1.807) is 23.0 Å². The first-order valence-electron chi connectivity index (χ1n) is 5.79. The van der Waals surface area contributed by atoms with E-state index >= 15 is 0 Å². The van der Waals surface area contributed by atoms with Crippen LogP contribution >= 0.6 is 11.3 Å². The zero-order chi connectivity index (χ0) is 13.2. The summed E-state index contributed by atoms with van der Waals surface area (Å²) in [7, 11) is 1.40. The number of fused-ring (bicyclic) bond motifs is 1. The number of methoxy groups -OCH3 is 1. The number of hydrogen-bond acceptors (Lipinski definition) is 4. The number of carbonyl (C=O) groups is 1. The minimum atomic E-state index is -0.317. The van der Waals surface area contributed by atoms with Gasteiger partial charge < -0.3 is 4.74 Å². The number of rotatable bonds is 2. The van der Waals surface area contributed by atoms with Crippen molar-refractivity contribution in [2.75, 3.05) is 7.11 Å². The number of nitrogens with zero attached hydrogens (tertiary/aromatic N) is 1. The van der Waals surface area contributed by atoms with Crippen molar-refractivity contribution in [3.05, 3.63) is 53.7 Å². The lowest BCUT2D eigenvalue weighted by molar-refractivity contribution is 0.0603. The van der Waals surface area contributed by atoms with Crippen molar-refractivity contribution >= 4 is 28.1 Å². The SMILES string of the molecule is COC(=O)c1cc(-c2cncs2)cc2ccccc12. The summed E-state index contributed by atoms with van der Waals surface area (Å²) in [5.74, 6) is -0.317. The normalized spacial score (nSPS) is 10.6.